The Morgan fingerprint density at radius 2 is 1.94 bits per heavy atom. The predicted molar refractivity (Wildman–Crippen MR) is 77.8 cm³/mol. The van der Waals surface area contributed by atoms with Gasteiger partial charge in [0, 0.05) is 16.4 Å². The molecule has 1 aromatic carbocycles. The molecule has 0 amide bonds. The van der Waals surface area contributed by atoms with Gasteiger partial charge in [0.25, 0.3) is 0 Å². The van der Waals surface area contributed by atoms with Gasteiger partial charge in [0.2, 0.25) is 0 Å². The molecule has 0 radical (unpaired) electrons. The first-order valence-corrected chi connectivity index (χ1v) is 7.18. The van der Waals surface area contributed by atoms with Crippen LogP contribution in [0.5, 0.6) is 0 Å². The molecule has 1 saturated carbocycles. The zero-order chi connectivity index (χ0) is 12.3. The molecule has 1 fully saturated rings. The molecule has 3 heteroatoms. The van der Waals surface area contributed by atoms with E-state index in [1.54, 1.807) is 0 Å². The van der Waals surface area contributed by atoms with Crippen LogP contribution in [-0.2, 0) is 11.2 Å². The normalized spacial score (nSPS) is 17.5. The van der Waals surface area contributed by atoms with E-state index in [-0.39, 0.29) is 5.41 Å². The summed E-state index contributed by atoms with van der Waals surface area (Å²) in [6.45, 7) is 0.658. The van der Waals surface area contributed by atoms with Gasteiger partial charge in [-0.05, 0) is 65.1 Å². The van der Waals surface area contributed by atoms with Crippen molar-refractivity contribution in [1.29, 1.82) is 0 Å². The number of Topliss-reactive ketones (excluding diaryl/α,β-unsaturated/α-hetero) is 1. The number of hydrogen-bond donors (Lipinski definition) is 1. The van der Waals surface area contributed by atoms with E-state index in [9.17, 15) is 4.79 Å². The lowest BCUT2D eigenvalue weighted by molar-refractivity contribution is -0.122. The number of carbonyl (C=O) groups excluding carboxylic acids is 1. The summed E-state index contributed by atoms with van der Waals surface area (Å²) in [5, 5.41) is 0. The van der Waals surface area contributed by atoms with E-state index in [1.165, 1.54) is 9.99 Å². The van der Waals surface area contributed by atoms with Crippen molar-refractivity contribution >= 4 is 28.4 Å². The summed E-state index contributed by atoms with van der Waals surface area (Å²) in [7, 11) is 0. The van der Waals surface area contributed by atoms with E-state index in [4.69, 9.17) is 5.73 Å². The molecule has 2 rings (SSSR count). The lowest BCUT2D eigenvalue weighted by Gasteiger charge is -2.40. The molecule has 1 aliphatic rings. The zero-order valence-electron chi connectivity index (χ0n) is 9.92. The molecule has 2 N–H and O–H groups in total. The van der Waals surface area contributed by atoms with Crippen LogP contribution in [0.4, 0.5) is 0 Å². The highest BCUT2D eigenvalue weighted by Gasteiger charge is 2.37. The van der Waals surface area contributed by atoms with Crippen molar-refractivity contribution in [2.24, 2.45) is 11.1 Å². The van der Waals surface area contributed by atoms with E-state index in [0.29, 0.717) is 25.2 Å². The molecule has 0 aromatic heterocycles. The molecule has 2 nitrogen and oxygen atoms in total. The van der Waals surface area contributed by atoms with E-state index >= 15 is 0 Å². The van der Waals surface area contributed by atoms with Crippen molar-refractivity contribution in [1.82, 2.24) is 0 Å². The third-order valence-corrected chi connectivity index (χ3v) is 4.45. The second-order valence-electron chi connectivity index (χ2n) is 5.08. The highest BCUT2D eigenvalue weighted by Crippen LogP contribution is 2.43. The fraction of sp³-hybridized carbons (Fsp3) is 0.500. The number of ketones is 1. The summed E-state index contributed by atoms with van der Waals surface area (Å²) in [6, 6.07) is 8.17. The highest BCUT2D eigenvalue weighted by atomic mass is 127. The Labute approximate surface area is 116 Å². The summed E-state index contributed by atoms with van der Waals surface area (Å²) in [5.74, 6) is 0.330. The molecule has 1 aromatic rings. The van der Waals surface area contributed by atoms with Crippen LogP contribution in [0.15, 0.2) is 24.3 Å². The molecule has 0 spiro atoms. The van der Waals surface area contributed by atoms with Crippen molar-refractivity contribution in [2.75, 3.05) is 6.54 Å². The second kappa shape index (κ2) is 5.48. The van der Waals surface area contributed by atoms with Crippen molar-refractivity contribution in [3.63, 3.8) is 0 Å². The third kappa shape index (κ3) is 3.28. The monoisotopic (exact) mass is 343 g/mol. The minimum Gasteiger partial charge on any atom is -0.330 e. The number of carbonyl (C=O) groups is 1. The van der Waals surface area contributed by atoms with Crippen LogP contribution >= 0.6 is 22.6 Å². The van der Waals surface area contributed by atoms with E-state index in [1.807, 2.05) is 24.3 Å². The lowest BCUT2D eigenvalue weighted by atomic mass is 9.65. The molecular formula is C14H18INO. The number of hydrogen-bond acceptors (Lipinski definition) is 2. The molecule has 0 saturated heterocycles. The Bertz CT molecular complexity index is 390. The average Bonchev–Trinajstić information content (AvgIpc) is 2.27. The number of benzene rings is 1. The SMILES string of the molecule is NCC1(CC(=O)Cc2ccc(I)cc2)CCC1. The minimum absolute atomic E-state index is 0.139. The van der Waals surface area contributed by atoms with E-state index < -0.39 is 0 Å². The van der Waals surface area contributed by atoms with Crippen LogP contribution in [0.2, 0.25) is 0 Å². The Hall–Kier alpha value is -0.420. The summed E-state index contributed by atoms with van der Waals surface area (Å²) < 4.78 is 1.20. The molecular weight excluding hydrogens is 325 g/mol. The average molecular weight is 343 g/mol. The Morgan fingerprint density at radius 3 is 2.41 bits per heavy atom. The number of halogens is 1. The first kappa shape index (κ1) is 13.0. The van der Waals surface area contributed by atoms with Gasteiger partial charge in [-0.15, -0.1) is 0 Å². The predicted octanol–water partition coefficient (Wildman–Crippen LogP) is 2.92. The minimum atomic E-state index is 0.139. The lowest BCUT2D eigenvalue weighted by Crippen LogP contribution is -2.39. The van der Waals surface area contributed by atoms with Gasteiger partial charge in [0.1, 0.15) is 5.78 Å². The fourth-order valence-electron chi connectivity index (χ4n) is 2.44. The van der Waals surface area contributed by atoms with Gasteiger partial charge in [-0.2, -0.15) is 0 Å². The van der Waals surface area contributed by atoms with Gasteiger partial charge in [-0.25, -0.2) is 0 Å². The quantitative estimate of drug-likeness (QED) is 0.836. The van der Waals surface area contributed by atoms with Crippen LogP contribution in [0.1, 0.15) is 31.2 Å². The standard InChI is InChI=1S/C14H18INO/c15-12-4-2-11(3-5-12)8-13(17)9-14(10-16)6-1-7-14/h2-5H,1,6-10,16H2. The summed E-state index contributed by atoms with van der Waals surface area (Å²) >= 11 is 2.27. The fourth-order valence-corrected chi connectivity index (χ4v) is 2.80. The Kier molecular flexibility index (Phi) is 4.20. The van der Waals surface area contributed by atoms with Gasteiger partial charge >= 0.3 is 0 Å². The first-order valence-electron chi connectivity index (χ1n) is 6.10. The van der Waals surface area contributed by atoms with Crippen LogP contribution < -0.4 is 5.73 Å². The van der Waals surface area contributed by atoms with E-state index in [2.05, 4.69) is 22.6 Å². The van der Waals surface area contributed by atoms with Gasteiger partial charge in [0.15, 0.2) is 0 Å². The molecule has 1 aliphatic carbocycles. The maximum atomic E-state index is 12.0. The Morgan fingerprint density at radius 1 is 1.29 bits per heavy atom. The zero-order valence-corrected chi connectivity index (χ0v) is 12.1. The maximum Gasteiger partial charge on any atom is 0.137 e. The molecule has 0 heterocycles. The molecule has 0 aliphatic heterocycles. The van der Waals surface area contributed by atoms with Crippen LogP contribution in [-0.4, -0.2) is 12.3 Å². The Balaban J connectivity index is 1.91. The van der Waals surface area contributed by atoms with Crippen molar-refractivity contribution in [3.05, 3.63) is 33.4 Å². The van der Waals surface area contributed by atoms with Crippen LogP contribution in [0.25, 0.3) is 0 Å². The molecule has 17 heavy (non-hydrogen) atoms. The highest BCUT2D eigenvalue weighted by molar-refractivity contribution is 14.1. The third-order valence-electron chi connectivity index (χ3n) is 3.73. The molecule has 92 valence electrons. The van der Waals surface area contributed by atoms with Gasteiger partial charge in [-0.3, -0.25) is 4.79 Å². The van der Waals surface area contributed by atoms with Crippen LogP contribution in [0.3, 0.4) is 0 Å². The van der Waals surface area contributed by atoms with Gasteiger partial charge in [0.05, 0.1) is 0 Å². The maximum absolute atomic E-state index is 12.0. The molecule has 0 atom stereocenters. The summed E-state index contributed by atoms with van der Waals surface area (Å²) in [4.78, 5) is 12.0. The second-order valence-corrected chi connectivity index (χ2v) is 6.32. The summed E-state index contributed by atoms with van der Waals surface area (Å²) in [5.41, 5.74) is 7.03. The first-order chi connectivity index (χ1) is 8.13. The van der Waals surface area contributed by atoms with Crippen molar-refractivity contribution in [3.8, 4) is 0 Å². The van der Waals surface area contributed by atoms with Gasteiger partial charge in [-0.1, -0.05) is 18.6 Å². The summed E-state index contributed by atoms with van der Waals surface area (Å²) in [6.07, 6.45) is 4.70. The number of rotatable bonds is 5. The van der Waals surface area contributed by atoms with Crippen molar-refractivity contribution in [2.45, 2.75) is 32.1 Å². The molecule has 0 bridgehead atoms. The van der Waals surface area contributed by atoms with Gasteiger partial charge < -0.3 is 5.73 Å². The number of nitrogens with two attached hydrogens (primary N) is 1. The molecule has 0 unspecified atom stereocenters. The van der Waals surface area contributed by atoms with E-state index in [0.717, 1.165) is 18.4 Å². The van der Waals surface area contributed by atoms with Crippen molar-refractivity contribution < 1.29 is 4.79 Å². The topological polar surface area (TPSA) is 43.1 Å². The smallest absolute Gasteiger partial charge is 0.137 e. The largest absolute Gasteiger partial charge is 0.330 e. The van der Waals surface area contributed by atoms with Crippen LogP contribution in [0, 0.1) is 8.99 Å².